The molecule has 1 aromatic rings. The van der Waals surface area contributed by atoms with Crippen molar-refractivity contribution < 1.29 is 23.5 Å². The van der Waals surface area contributed by atoms with Gasteiger partial charge in [-0.3, -0.25) is 4.79 Å². The summed E-state index contributed by atoms with van der Waals surface area (Å²) in [6.07, 6.45) is 2.18. The number of carbonyl (C=O) groups excluding carboxylic acids is 1. The fourth-order valence-electron chi connectivity index (χ4n) is 4.50. The first kappa shape index (κ1) is 21.1. The number of ketones is 1. The first-order valence-electron chi connectivity index (χ1n) is 9.52. The van der Waals surface area contributed by atoms with Gasteiger partial charge in [0.05, 0.1) is 17.1 Å². The third kappa shape index (κ3) is 3.45. The third-order valence-corrected chi connectivity index (χ3v) is 6.11. The maximum atomic E-state index is 14.8. The minimum atomic E-state index is -0.980. The van der Waals surface area contributed by atoms with Gasteiger partial charge in [0.1, 0.15) is 11.6 Å². The Morgan fingerprint density at radius 3 is 2.31 bits per heavy atom. The van der Waals surface area contributed by atoms with Crippen LogP contribution in [0.15, 0.2) is 24.4 Å². The molecule has 2 aliphatic heterocycles. The summed E-state index contributed by atoms with van der Waals surface area (Å²) >= 11 is 0. The Labute approximate surface area is 169 Å². The van der Waals surface area contributed by atoms with Crippen molar-refractivity contribution in [3.63, 3.8) is 0 Å². The summed E-state index contributed by atoms with van der Waals surface area (Å²) < 4.78 is 29.5. The lowest BCUT2D eigenvalue weighted by Crippen LogP contribution is -2.61. The molecule has 3 rings (SSSR count). The number of nitrogens with zero attached hydrogens (tertiary/aromatic N) is 3. The van der Waals surface area contributed by atoms with E-state index in [1.165, 1.54) is 23.2 Å². The summed E-state index contributed by atoms with van der Waals surface area (Å²) in [7, 11) is 3.41. The van der Waals surface area contributed by atoms with Gasteiger partial charge in [-0.15, -0.1) is 0 Å². The Morgan fingerprint density at radius 2 is 1.83 bits per heavy atom. The van der Waals surface area contributed by atoms with E-state index < -0.39 is 34.6 Å². The van der Waals surface area contributed by atoms with Crippen molar-refractivity contribution in [1.82, 2.24) is 9.80 Å². The van der Waals surface area contributed by atoms with E-state index in [1.54, 1.807) is 19.0 Å². The summed E-state index contributed by atoms with van der Waals surface area (Å²) in [6.45, 7) is 6.64. The normalized spacial score (nSPS) is 23.9. The van der Waals surface area contributed by atoms with E-state index in [2.05, 4.69) is 0 Å². The lowest BCUT2D eigenvalue weighted by Gasteiger charge is -2.50. The number of carbonyl (C=O) groups is 2. The number of likely N-dealkylation sites (tertiary alicyclic amines) is 1. The predicted molar refractivity (Wildman–Crippen MR) is 106 cm³/mol. The van der Waals surface area contributed by atoms with Crippen LogP contribution >= 0.6 is 0 Å². The molecule has 6 nitrogen and oxygen atoms in total. The Kier molecular flexibility index (Phi) is 5.09. The molecule has 0 spiro atoms. The molecule has 0 aromatic heterocycles. The number of benzene rings is 1. The van der Waals surface area contributed by atoms with Gasteiger partial charge >= 0.3 is 6.09 Å². The number of allylic oxidation sites excluding steroid dienone is 1. The smallest absolute Gasteiger partial charge is 0.407 e. The fourth-order valence-corrected chi connectivity index (χ4v) is 4.50. The fraction of sp³-hybridized carbons (Fsp3) is 0.524. The molecule has 2 heterocycles. The van der Waals surface area contributed by atoms with Crippen molar-refractivity contribution in [1.29, 1.82) is 0 Å². The summed E-state index contributed by atoms with van der Waals surface area (Å²) in [6, 6.07) is 2.13. The Morgan fingerprint density at radius 1 is 1.24 bits per heavy atom. The van der Waals surface area contributed by atoms with Crippen LogP contribution in [0.1, 0.15) is 37.6 Å². The summed E-state index contributed by atoms with van der Waals surface area (Å²) in [5.41, 5.74) is -1.17. The van der Waals surface area contributed by atoms with Crippen LogP contribution < -0.4 is 4.90 Å². The van der Waals surface area contributed by atoms with Gasteiger partial charge in [-0.25, -0.2) is 13.6 Å². The second-order valence-electron chi connectivity index (χ2n) is 9.09. The average molecular weight is 407 g/mol. The molecule has 1 unspecified atom stereocenters. The Bertz CT molecular complexity index is 855. The van der Waals surface area contributed by atoms with E-state index in [9.17, 15) is 23.5 Å². The molecular weight excluding hydrogens is 380 g/mol. The Hall–Kier alpha value is -2.64. The predicted octanol–water partition coefficient (Wildman–Crippen LogP) is 3.58. The van der Waals surface area contributed by atoms with Crippen molar-refractivity contribution in [2.45, 2.75) is 38.8 Å². The maximum Gasteiger partial charge on any atom is 0.407 e. The number of carboxylic acid groups (broad SMARTS) is 1. The molecule has 1 N–H and O–H groups in total. The van der Waals surface area contributed by atoms with Crippen molar-refractivity contribution in [3.05, 3.63) is 41.6 Å². The van der Waals surface area contributed by atoms with Crippen molar-refractivity contribution in [3.8, 4) is 0 Å². The lowest BCUT2D eigenvalue weighted by atomic mass is 9.72. The highest BCUT2D eigenvalue weighted by Gasteiger charge is 2.61. The second-order valence-corrected chi connectivity index (χ2v) is 9.09. The van der Waals surface area contributed by atoms with E-state index in [1.807, 2.05) is 25.7 Å². The highest BCUT2D eigenvalue weighted by molar-refractivity contribution is 6.05. The standard InChI is InChI=1S/C21H27F2N3O3/c1-20(2,3)21-10-14(25(12-21)19(28)29)11-26(21)13-8-15(22)18(16(23)9-13)17(27)6-7-24(4)5/h6-9,14H,10-12H2,1-5H3,(H,28,29)/b7-6+/t14-,21?/m0/s1. The van der Waals surface area contributed by atoms with Gasteiger partial charge < -0.3 is 19.8 Å². The van der Waals surface area contributed by atoms with E-state index in [0.717, 1.165) is 6.08 Å². The van der Waals surface area contributed by atoms with E-state index in [4.69, 9.17) is 0 Å². The second kappa shape index (κ2) is 7.00. The summed E-state index contributed by atoms with van der Waals surface area (Å²) in [4.78, 5) is 28.7. The summed E-state index contributed by atoms with van der Waals surface area (Å²) in [5.74, 6) is -2.59. The maximum absolute atomic E-state index is 14.8. The minimum Gasteiger partial charge on any atom is -0.465 e. The number of halogens is 2. The van der Waals surface area contributed by atoms with Crippen LogP contribution in [-0.4, -0.2) is 65.5 Å². The lowest BCUT2D eigenvalue weighted by molar-refractivity contribution is 0.103. The quantitative estimate of drug-likeness (QED) is 0.611. The van der Waals surface area contributed by atoms with Crippen LogP contribution in [0.4, 0.5) is 19.3 Å². The number of hydrogen-bond donors (Lipinski definition) is 1. The SMILES string of the molecule is CN(C)/C=C/C(=O)c1c(F)cc(N2C[C@@H]3CC2(C(C)(C)C)CN3C(=O)O)cc1F. The van der Waals surface area contributed by atoms with Crippen molar-refractivity contribution >= 4 is 17.6 Å². The van der Waals surface area contributed by atoms with Crippen LogP contribution in [0.5, 0.6) is 0 Å². The number of hydrogen-bond acceptors (Lipinski definition) is 4. The molecule has 1 amide bonds. The van der Waals surface area contributed by atoms with Crippen LogP contribution in [0.25, 0.3) is 0 Å². The summed E-state index contributed by atoms with van der Waals surface area (Å²) in [5, 5.41) is 9.49. The molecule has 2 bridgehead atoms. The van der Waals surface area contributed by atoms with E-state index in [0.29, 0.717) is 18.7 Å². The van der Waals surface area contributed by atoms with Gasteiger partial charge in [0, 0.05) is 45.1 Å². The molecule has 2 fully saturated rings. The highest BCUT2D eigenvalue weighted by atomic mass is 19.1. The monoisotopic (exact) mass is 407 g/mol. The van der Waals surface area contributed by atoms with Gasteiger partial charge in [0.2, 0.25) is 0 Å². The van der Waals surface area contributed by atoms with Gasteiger partial charge in [-0.1, -0.05) is 20.8 Å². The number of fused-ring (bicyclic) bond motifs is 2. The zero-order valence-electron chi connectivity index (χ0n) is 17.4. The molecule has 29 heavy (non-hydrogen) atoms. The van der Waals surface area contributed by atoms with Crippen LogP contribution in [0.2, 0.25) is 0 Å². The van der Waals surface area contributed by atoms with E-state index >= 15 is 0 Å². The number of anilines is 1. The molecular formula is C21H27F2N3O3. The van der Waals surface area contributed by atoms with Gasteiger partial charge in [-0.2, -0.15) is 0 Å². The number of rotatable bonds is 4. The zero-order chi connectivity index (χ0) is 21.7. The van der Waals surface area contributed by atoms with Crippen LogP contribution in [0.3, 0.4) is 0 Å². The molecule has 2 atom stereocenters. The largest absolute Gasteiger partial charge is 0.465 e. The van der Waals surface area contributed by atoms with Gasteiger partial charge in [-0.05, 0) is 24.0 Å². The molecule has 1 aromatic carbocycles. The molecule has 0 aliphatic carbocycles. The minimum absolute atomic E-state index is 0.234. The van der Waals surface area contributed by atoms with Crippen LogP contribution in [0, 0.1) is 17.0 Å². The average Bonchev–Trinajstić information content (AvgIpc) is 3.16. The zero-order valence-corrected chi connectivity index (χ0v) is 17.4. The van der Waals surface area contributed by atoms with Crippen molar-refractivity contribution in [2.24, 2.45) is 5.41 Å². The van der Waals surface area contributed by atoms with Gasteiger partial charge in [0.15, 0.2) is 5.78 Å². The molecule has 2 saturated heterocycles. The molecule has 2 aliphatic rings. The topological polar surface area (TPSA) is 64.1 Å². The molecule has 0 saturated carbocycles. The first-order chi connectivity index (χ1) is 13.4. The first-order valence-corrected chi connectivity index (χ1v) is 9.52. The molecule has 8 heteroatoms. The van der Waals surface area contributed by atoms with Gasteiger partial charge in [0.25, 0.3) is 0 Å². The highest BCUT2D eigenvalue weighted by Crippen LogP contribution is 2.52. The van der Waals surface area contributed by atoms with Crippen molar-refractivity contribution in [2.75, 3.05) is 32.1 Å². The van der Waals surface area contributed by atoms with E-state index in [-0.39, 0.29) is 18.0 Å². The van der Waals surface area contributed by atoms with Crippen LogP contribution in [-0.2, 0) is 0 Å². The number of piperazine rings is 1. The Balaban J connectivity index is 1.99. The molecule has 158 valence electrons. The number of amides is 1. The molecule has 0 radical (unpaired) electrons. The third-order valence-electron chi connectivity index (χ3n) is 6.11.